The molecule has 130 valence electrons. The molecular weight excluding hydrogens is 325 g/mol. The standard InChI is InChI=1S/C16H17F3N2O3/c17-16(18,19)24-13-4-2-1-3-11(13)5-6-14(22)21-9-7-12(8-10-21)15(20)23/h1-6,12H,7-10H2,(H2,20,23)/b6-5+. The highest BCUT2D eigenvalue weighted by molar-refractivity contribution is 5.92. The molecule has 8 heteroatoms. The van der Waals surface area contributed by atoms with Crippen molar-refractivity contribution in [3.63, 3.8) is 0 Å². The summed E-state index contributed by atoms with van der Waals surface area (Å²) in [5, 5.41) is 0. The number of alkyl halides is 3. The molecule has 0 aliphatic carbocycles. The maximum Gasteiger partial charge on any atom is 0.573 e. The van der Waals surface area contributed by atoms with Crippen LogP contribution in [0.4, 0.5) is 13.2 Å². The first-order valence-corrected chi connectivity index (χ1v) is 7.37. The molecule has 0 aromatic heterocycles. The highest BCUT2D eigenvalue weighted by Crippen LogP contribution is 2.27. The Morgan fingerprint density at radius 2 is 1.83 bits per heavy atom. The summed E-state index contributed by atoms with van der Waals surface area (Å²) in [6.45, 7) is 0.773. The molecule has 0 atom stereocenters. The van der Waals surface area contributed by atoms with Crippen LogP contribution in [0.1, 0.15) is 18.4 Å². The van der Waals surface area contributed by atoms with Crippen LogP contribution in [0.2, 0.25) is 0 Å². The minimum absolute atomic E-state index is 0.148. The number of nitrogens with two attached hydrogens (primary N) is 1. The monoisotopic (exact) mass is 342 g/mol. The van der Waals surface area contributed by atoms with Gasteiger partial charge in [-0.3, -0.25) is 9.59 Å². The Hall–Kier alpha value is -2.51. The molecule has 2 rings (SSSR count). The predicted octanol–water partition coefficient (Wildman–Crippen LogP) is 2.32. The third-order valence-electron chi connectivity index (χ3n) is 3.76. The molecule has 1 aromatic rings. The van der Waals surface area contributed by atoms with Crippen LogP contribution in [0, 0.1) is 5.92 Å². The third kappa shape index (κ3) is 5.00. The van der Waals surface area contributed by atoms with Crippen molar-refractivity contribution in [1.82, 2.24) is 4.90 Å². The van der Waals surface area contributed by atoms with Crippen molar-refractivity contribution in [3.05, 3.63) is 35.9 Å². The predicted molar refractivity (Wildman–Crippen MR) is 80.7 cm³/mol. The van der Waals surface area contributed by atoms with Crippen LogP contribution in [-0.4, -0.2) is 36.2 Å². The molecule has 24 heavy (non-hydrogen) atoms. The Kier molecular flexibility index (Phi) is 5.48. The fourth-order valence-corrected chi connectivity index (χ4v) is 2.49. The molecule has 1 saturated heterocycles. The molecule has 0 bridgehead atoms. The van der Waals surface area contributed by atoms with Crippen molar-refractivity contribution in [2.24, 2.45) is 11.7 Å². The summed E-state index contributed by atoms with van der Waals surface area (Å²) >= 11 is 0. The molecule has 1 aliphatic heterocycles. The molecule has 2 amide bonds. The highest BCUT2D eigenvalue weighted by atomic mass is 19.4. The largest absolute Gasteiger partial charge is 0.573 e. The van der Waals surface area contributed by atoms with Crippen molar-refractivity contribution in [1.29, 1.82) is 0 Å². The van der Waals surface area contributed by atoms with Gasteiger partial charge in [-0.1, -0.05) is 18.2 Å². The van der Waals surface area contributed by atoms with Gasteiger partial charge in [0.1, 0.15) is 5.75 Å². The number of piperidine rings is 1. The van der Waals surface area contributed by atoms with Crippen molar-refractivity contribution in [2.45, 2.75) is 19.2 Å². The summed E-state index contributed by atoms with van der Waals surface area (Å²) in [7, 11) is 0. The number of carbonyl (C=O) groups is 2. The summed E-state index contributed by atoms with van der Waals surface area (Å²) in [6, 6.07) is 5.56. The summed E-state index contributed by atoms with van der Waals surface area (Å²) in [5.41, 5.74) is 5.38. The first-order chi connectivity index (χ1) is 11.3. The van der Waals surface area contributed by atoms with Gasteiger partial charge in [-0.15, -0.1) is 13.2 Å². The van der Waals surface area contributed by atoms with E-state index in [0.717, 1.165) is 0 Å². The Bertz CT molecular complexity index is 636. The summed E-state index contributed by atoms with van der Waals surface area (Å²) < 4.78 is 41.0. The smallest absolute Gasteiger partial charge is 0.405 e. The lowest BCUT2D eigenvalue weighted by molar-refractivity contribution is -0.274. The van der Waals surface area contributed by atoms with E-state index < -0.39 is 6.36 Å². The SMILES string of the molecule is NC(=O)C1CCN(C(=O)/C=C/c2ccccc2OC(F)(F)F)CC1. The molecule has 0 spiro atoms. The lowest BCUT2D eigenvalue weighted by Gasteiger charge is -2.29. The van der Waals surface area contributed by atoms with E-state index >= 15 is 0 Å². The fourth-order valence-electron chi connectivity index (χ4n) is 2.49. The number of carbonyl (C=O) groups excluding carboxylic acids is 2. The van der Waals surface area contributed by atoms with Crippen LogP contribution >= 0.6 is 0 Å². The Morgan fingerprint density at radius 3 is 2.42 bits per heavy atom. The van der Waals surface area contributed by atoms with Crippen molar-refractivity contribution in [2.75, 3.05) is 13.1 Å². The molecule has 0 saturated carbocycles. The number of primary amides is 1. The first-order valence-electron chi connectivity index (χ1n) is 7.37. The van der Waals surface area contributed by atoms with Gasteiger partial charge in [0, 0.05) is 30.6 Å². The van der Waals surface area contributed by atoms with E-state index in [-0.39, 0.29) is 29.0 Å². The molecule has 0 unspecified atom stereocenters. The number of benzene rings is 1. The lowest BCUT2D eigenvalue weighted by atomic mass is 9.96. The van der Waals surface area contributed by atoms with Gasteiger partial charge in [0.2, 0.25) is 11.8 Å². The normalized spacial score (nSPS) is 16.4. The second kappa shape index (κ2) is 7.37. The molecule has 5 nitrogen and oxygen atoms in total. The van der Waals surface area contributed by atoms with Crippen LogP contribution in [0.5, 0.6) is 5.75 Å². The number of halogens is 3. The Balaban J connectivity index is 2.01. The quantitative estimate of drug-likeness (QED) is 0.854. The topological polar surface area (TPSA) is 72.6 Å². The number of hydrogen-bond donors (Lipinski definition) is 1. The summed E-state index contributed by atoms with van der Waals surface area (Å²) in [5.74, 6) is -1.32. The molecule has 1 heterocycles. The summed E-state index contributed by atoms with van der Waals surface area (Å²) in [6.07, 6.45) is -1.34. The van der Waals surface area contributed by atoms with Crippen LogP contribution in [0.3, 0.4) is 0 Å². The van der Waals surface area contributed by atoms with Gasteiger partial charge in [-0.25, -0.2) is 0 Å². The van der Waals surface area contributed by atoms with Gasteiger partial charge in [0.05, 0.1) is 0 Å². The highest BCUT2D eigenvalue weighted by Gasteiger charge is 2.31. The van der Waals surface area contributed by atoms with Gasteiger partial charge < -0.3 is 15.4 Å². The number of hydrogen-bond acceptors (Lipinski definition) is 3. The minimum Gasteiger partial charge on any atom is -0.405 e. The van der Waals surface area contributed by atoms with Crippen molar-refractivity contribution >= 4 is 17.9 Å². The number of nitrogens with zero attached hydrogens (tertiary/aromatic N) is 1. The van der Waals surface area contributed by atoms with Crippen molar-refractivity contribution < 1.29 is 27.5 Å². The second-order valence-corrected chi connectivity index (χ2v) is 5.42. The third-order valence-corrected chi connectivity index (χ3v) is 3.76. The van der Waals surface area contributed by atoms with Crippen LogP contribution < -0.4 is 10.5 Å². The molecule has 2 N–H and O–H groups in total. The average molecular weight is 342 g/mol. The molecule has 1 aromatic carbocycles. The van der Waals surface area contributed by atoms with E-state index in [9.17, 15) is 22.8 Å². The van der Waals surface area contributed by atoms with E-state index in [1.54, 1.807) is 6.07 Å². The molecule has 1 fully saturated rings. The van der Waals surface area contributed by atoms with Crippen LogP contribution in [0.15, 0.2) is 30.3 Å². The molecule has 1 aliphatic rings. The van der Waals surface area contributed by atoms with E-state index in [1.807, 2.05) is 0 Å². The maximum absolute atomic E-state index is 12.4. The Labute approximate surface area is 136 Å². The van der Waals surface area contributed by atoms with E-state index in [2.05, 4.69) is 4.74 Å². The zero-order chi connectivity index (χ0) is 17.7. The number of para-hydroxylation sites is 1. The molecule has 0 radical (unpaired) electrons. The first kappa shape index (κ1) is 17.8. The number of rotatable bonds is 4. The number of likely N-dealkylation sites (tertiary alicyclic amines) is 1. The van der Waals surface area contributed by atoms with Gasteiger partial charge in [-0.2, -0.15) is 0 Å². The van der Waals surface area contributed by atoms with Gasteiger partial charge in [-0.05, 0) is 25.0 Å². The van der Waals surface area contributed by atoms with Crippen molar-refractivity contribution in [3.8, 4) is 5.75 Å². The van der Waals surface area contributed by atoms with Crippen LogP contribution in [0.25, 0.3) is 6.08 Å². The van der Waals surface area contributed by atoms with Gasteiger partial charge in [0.15, 0.2) is 0 Å². The van der Waals surface area contributed by atoms with E-state index in [4.69, 9.17) is 5.73 Å². The fraction of sp³-hybridized carbons (Fsp3) is 0.375. The zero-order valence-corrected chi connectivity index (χ0v) is 12.8. The second-order valence-electron chi connectivity index (χ2n) is 5.42. The molecular formula is C16H17F3N2O3. The number of amides is 2. The average Bonchev–Trinajstić information content (AvgIpc) is 2.52. The van der Waals surface area contributed by atoms with Gasteiger partial charge in [0.25, 0.3) is 0 Å². The van der Waals surface area contributed by atoms with E-state index in [0.29, 0.717) is 25.9 Å². The minimum atomic E-state index is -4.80. The van der Waals surface area contributed by atoms with Gasteiger partial charge >= 0.3 is 6.36 Å². The zero-order valence-electron chi connectivity index (χ0n) is 12.8. The van der Waals surface area contributed by atoms with Crippen LogP contribution in [-0.2, 0) is 9.59 Å². The lowest BCUT2D eigenvalue weighted by Crippen LogP contribution is -2.41. The Morgan fingerprint density at radius 1 is 1.21 bits per heavy atom. The number of ether oxygens (including phenoxy) is 1. The van der Waals surface area contributed by atoms with E-state index in [1.165, 1.54) is 35.3 Å². The summed E-state index contributed by atoms with van der Waals surface area (Å²) in [4.78, 5) is 24.7. The maximum atomic E-state index is 12.4.